The summed E-state index contributed by atoms with van der Waals surface area (Å²) < 4.78 is 11.4. The summed E-state index contributed by atoms with van der Waals surface area (Å²) in [5, 5.41) is 0. The summed E-state index contributed by atoms with van der Waals surface area (Å²) in [4.78, 5) is 25.3. The summed E-state index contributed by atoms with van der Waals surface area (Å²) in [6.45, 7) is 18.7. The van der Waals surface area contributed by atoms with Crippen LogP contribution in [0.15, 0.2) is 11.6 Å². The van der Waals surface area contributed by atoms with Gasteiger partial charge in [-0.1, -0.05) is 60.1 Å². The first-order valence-corrected chi connectivity index (χ1v) is 15.0. The maximum absolute atomic E-state index is 13.4. The number of methoxy groups -OCH3 is 1. The third-order valence-corrected chi connectivity index (χ3v) is 13.4. The lowest BCUT2D eigenvalue weighted by Crippen LogP contribution is -2.65. The second kappa shape index (κ2) is 8.34. The molecule has 208 valence electrons. The first-order chi connectivity index (χ1) is 17.1. The average Bonchev–Trinajstić information content (AvgIpc) is 2.80. The molecule has 0 spiro atoms. The van der Waals surface area contributed by atoms with Crippen molar-refractivity contribution in [3.63, 3.8) is 0 Å². The van der Waals surface area contributed by atoms with Crippen molar-refractivity contribution in [1.82, 2.24) is 0 Å². The van der Waals surface area contributed by atoms with Crippen LogP contribution in [-0.2, 0) is 19.1 Å². The van der Waals surface area contributed by atoms with Crippen LogP contribution in [0.4, 0.5) is 0 Å². The van der Waals surface area contributed by atoms with Gasteiger partial charge >= 0.3 is 11.9 Å². The zero-order chi connectivity index (χ0) is 27.2. The van der Waals surface area contributed by atoms with E-state index in [2.05, 4.69) is 54.5 Å². The quantitative estimate of drug-likeness (QED) is 0.279. The molecule has 0 heterocycles. The number of fused-ring (bicyclic) bond motifs is 7. The number of ether oxygens (including phenoxy) is 2. The SMILES string of the molecule is COC(=O)C12CCC(C)(C)CC1C1CCC3C4(C)CCC(OC(C)=O)C(C)(C)C4=CCC3(C)C1(C)CC2. The molecule has 0 aromatic carbocycles. The molecule has 4 saturated carbocycles. The van der Waals surface area contributed by atoms with E-state index < -0.39 is 0 Å². The van der Waals surface area contributed by atoms with E-state index in [1.807, 2.05) is 0 Å². The van der Waals surface area contributed by atoms with Crippen LogP contribution in [0.25, 0.3) is 0 Å². The third kappa shape index (κ3) is 3.58. The highest BCUT2D eigenvalue weighted by atomic mass is 16.5. The fraction of sp³-hybridized carbons (Fsp3) is 0.879. The molecule has 4 heteroatoms. The van der Waals surface area contributed by atoms with Gasteiger partial charge in [-0.25, -0.2) is 0 Å². The van der Waals surface area contributed by atoms with Crippen LogP contribution in [0.1, 0.15) is 120 Å². The van der Waals surface area contributed by atoms with Crippen LogP contribution in [-0.4, -0.2) is 25.2 Å². The van der Waals surface area contributed by atoms with Crippen LogP contribution in [0, 0.1) is 50.2 Å². The topological polar surface area (TPSA) is 52.6 Å². The first-order valence-electron chi connectivity index (χ1n) is 15.0. The molecular weight excluding hydrogens is 460 g/mol. The Bertz CT molecular complexity index is 1010. The van der Waals surface area contributed by atoms with E-state index >= 15 is 0 Å². The molecule has 0 aromatic heterocycles. The molecule has 4 fully saturated rings. The van der Waals surface area contributed by atoms with E-state index in [4.69, 9.17) is 9.47 Å². The third-order valence-electron chi connectivity index (χ3n) is 13.4. The van der Waals surface area contributed by atoms with Crippen LogP contribution in [0.2, 0.25) is 0 Å². The zero-order valence-corrected chi connectivity index (χ0v) is 25.1. The van der Waals surface area contributed by atoms with E-state index in [9.17, 15) is 9.59 Å². The fourth-order valence-electron chi connectivity index (χ4n) is 11.3. The van der Waals surface area contributed by atoms with Gasteiger partial charge in [-0.05, 0) is 104 Å². The van der Waals surface area contributed by atoms with E-state index in [0.29, 0.717) is 17.8 Å². The lowest BCUT2D eigenvalue weighted by Gasteiger charge is -2.71. The van der Waals surface area contributed by atoms with Crippen molar-refractivity contribution in [2.75, 3.05) is 7.11 Å². The predicted molar refractivity (Wildman–Crippen MR) is 147 cm³/mol. The molecule has 0 radical (unpaired) electrons. The van der Waals surface area contributed by atoms with Gasteiger partial charge in [0.05, 0.1) is 12.5 Å². The number of rotatable bonds is 2. The van der Waals surface area contributed by atoms with E-state index in [-0.39, 0.29) is 50.5 Å². The Hall–Kier alpha value is -1.32. The lowest BCUT2D eigenvalue weighted by atomic mass is 9.33. The molecule has 0 aliphatic heterocycles. The Morgan fingerprint density at radius 3 is 2.16 bits per heavy atom. The minimum Gasteiger partial charge on any atom is -0.469 e. The van der Waals surface area contributed by atoms with E-state index in [1.54, 1.807) is 14.0 Å². The van der Waals surface area contributed by atoms with Gasteiger partial charge in [-0.3, -0.25) is 9.59 Å². The van der Waals surface area contributed by atoms with Crippen molar-refractivity contribution in [2.45, 2.75) is 126 Å². The standard InChI is InChI=1S/C33H52O4/c1-21(34)37-26-13-14-30(6)24(29(26,4)5)12-15-32(8)25(30)11-10-22-23-20-28(2,3)16-18-33(23,27(35)36-9)19-17-31(22,32)7/h12,22-23,25-26H,10-11,13-20H2,1-9H3. The monoisotopic (exact) mass is 512 g/mol. The van der Waals surface area contributed by atoms with Crippen molar-refractivity contribution in [3.8, 4) is 0 Å². The average molecular weight is 513 g/mol. The molecule has 5 rings (SSSR count). The van der Waals surface area contributed by atoms with Crippen LogP contribution in [0.5, 0.6) is 0 Å². The molecule has 0 N–H and O–H groups in total. The van der Waals surface area contributed by atoms with E-state index in [0.717, 1.165) is 51.4 Å². The maximum atomic E-state index is 13.4. The molecule has 4 nitrogen and oxygen atoms in total. The van der Waals surface area contributed by atoms with Gasteiger partial charge in [-0.2, -0.15) is 0 Å². The molecule has 37 heavy (non-hydrogen) atoms. The number of esters is 2. The largest absolute Gasteiger partial charge is 0.469 e. The first kappa shape index (κ1) is 27.3. The minimum absolute atomic E-state index is 0.0413. The van der Waals surface area contributed by atoms with Gasteiger partial charge in [0.1, 0.15) is 6.10 Å². The smallest absolute Gasteiger partial charge is 0.312 e. The second-order valence-corrected chi connectivity index (χ2v) is 15.8. The van der Waals surface area contributed by atoms with Crippen molar-refractivity contribution in [3.05, 3.63) is 11.6 Å². The van der Waals surface area contributed by atoms with Crippen molar-refractivity contribution >= 4 is 11.9 Å². The van der Waals surface area contributed by atoms with Crippen molar-refractivity contribution < 1.29 is 19.1 Å². The van der Waals surface area contributed by atoms with Crippen LogP contribution < -0.4 is 0 Å². The van der Waals surface area contributed by atoms with Gasteiger partial charge in [0.2, 0.25) is 0 Å². The molecule has 0 saturated heterocycles. The Balaban J connectivity index is 1.55. The second-order valence-electron chi connectivity index (χ2n) is 15.8. The summed E-state index contributed by atoms with van der Waals surface area (Å²) in [6, 6.07) is 0. The molecule has 0 aromatic rings. The molecule has 5 aliphatic carbocycles. The number of allylic oxidation sites excluding steroid dienone is 1. The highest BCUT2D eigenvalue weighted by Gasteiger charge is 2.70. The molecule has 8 atom stereocenters. The van der Waals surface area contributed by atoms with Gasteiger partial charge in [-0.15, -0.1) is 0 Å². The van der Waals surface area contributed by atoms with Gasteiger partial charge in [0.25, 0.3) is 0 Å². The van der Waals surface area contributed by atoms with Gasteiger partial charge in [0, 0.05) is 12.3 Å². The minimum atomic E-state index is -0.290. The maximum Gasteiger partial charge on any atom is 0.312 e. The van der Waals surface area contributed by atoms with Crippen molar-refractivity contribution in [1.29, 1.82) is 0 Å². The molecule has 0 amide bonds. The number of hydrogen-bond acceptors (Lipinski definition) is 4. The van der Waals surface area contributed by atoms with Crippen LogP contribution in [0.3, 0.4) is 0 Å². The van der Waals surface area contributed by atoms with Crippen LogP contribution >= 0.6 is 0 Å². The molecular formula is C33H52O4. The Morgan fingerprint density at radius 2 is 1.51 bits per heavy atom. The lowest BCUT2D eigenvalue weighted by molar-refractivity contribution is -0.219. The zero-order valence-electron chi connectivity index (χ0n) is 25.1. The van der Waals surface area contributed by atoms with Crippen molar-refractivity contribution in [2.24, 2.45) is 50.2 Å². The molecule has 0 bridgehead atoms. The predicted octanol–water partition coefficient (Wildman–Crippen LogP) is 7.89. The Morgan fingerprint density at radius 1 is 0.838 bits per heavy atom. The number of carbonyl (C=O) groups is 2. The summed E-state index contributed by atoms with van der Waals surface area (Å²) >= 11 is 0. The van der Waals surface area contributed by atoms with E-state index in [1.165, 1.54) is 18.4 Å². The molecule has 8 unspecified atom stereocenters. The van der Waals surface area contributed by atoms with Gasteiger partial charge in [0.15, 0.2) is 0 Å². The Labute approximate surface area is 225 Å². The fourth-order valence-corrected chi connectivity index (χ4v) is 11.3. The summed E-state index contributed by atoms with van der Waals surface area (Å²) in [5.74, 6) is 1.48. The Kier molecular flexibility index (Phi) is 6.14. The highest BCUT2D eigenvalue weighted by Crippen LogP contribution is 2.76. The number of hydrogen-bond donors (Lipinski definition) is 0. The van der Waals surface area contributed by atoms with Gasteiger partial charge < -0.3 is 9.47 Å². The highest BCUT2D eigenvalue weighted by molar-refractivity contribution is 5.77. The molecule has 5 aliphatic rings. The summed E-state index contributed by atoms with van der Waals surface area (Å²) in [7, 11) is 1.60. The number of carbonyl (C=O) groups excluding carboxylic acids is 2. The normalized spacial score (nSPS) is 47.8. The summed E-state index contributed by atoms with van der Waals surface area (Å²) in [6.07, 6.45) is 13.4. The summed E-state index contributed by atoms with van der Waals surface area (Å²) in [5.41, 5.74) is 1.90.